The minimum atomic E-state index is -4.47. The van der Waals surface area contributed by atoms with Gasteiger partial charge in [0.1, 0.15) is 6.61 Å². The predicted octanol–water partition coefficient (Wildman–Crippen LogP) is 4.38. The lowest BCUT2D eigenvalue weighted by Crippen LogP contribution is -2.33. The SMILES string of the molecule is CC(C)(C)OC(CC(=O)/C=C/c1ccccc1)OCC(F)(F)F. The number of halogens is 3. The molecular weight excluding hydrogens is 309 g/mol. The van der Waals surface area contributed by atoms with E-state index in [-0.39, 0.29) is 12.2 Å². The van der Waals surface area contributed by atoms with Crippen LogP contribution in [-0.2, 0) is 14.3 Å². The van der Waals surface area contributed by atoms with Crippen LogP contribution in [0.1, 0.15) is 32.8 Å². The van der Waals surface area contributed by atoms with E-state index < -0.39 is 24.7 Å². The molecule has 0 fully saturated rings. The monoisotopic (exact) mass is 330 g/mol. The van der Waals surface area contributed by atoms with Crippen molar-refractivity contribution in [2.45, 2.75) is 45.3 Å². The summed E-state index contributed by atoms with van der Waals surface area (Å²) in [6.07, 6.45) is -3.09. The summed E-state index contributed by atoms with van der Waals surface area (Å²) in [5.41, 5.74) is 0.102. The van der Waals surface area contributed by atoms with E-state index in [4.69, 9.17) is 9.47 Å². The van der Waals surface area contributed by atoms with Crippen molar-refractivity contribution >= 4 is 11.9 Å². The second kappa shape index (κ2) is 8.26. The maximum atomic E-state index is 12.3. The standard InChI is InChI=1S/C17H21F3O3/c1-16(2,3)23-15(22-12-17(18,19)20)11-14(21)10-9-13-7-5-4-6-8-13/h4-10,15H,11-12H2,1-3H3/b10-9+. The second-order valence-electron chi connectivity index (χ2n) is 6.00. The smallest absolute Gasteiger partial charge is 0.347 e. The highest BCUT2D eigenvalue weighted by Gasteiger charge is 2.31. The summed E-state index contributed by atoms with van der Waals surface area (Å²) in [5.74, 6) is -0.370. The van der Waals surface area contributed by atoms with E-state index in [1.54, 1.807) is 26.8 Å². The number of carbonyl (C=O) groups excluding carboxylic acids is 1. The molecule has 1 aromatic rings. The van der Waals surface area contributed by atoms with Crippen molar-refractivity contribution in [3.63, 3.8) is 0 Å². The van der Waals surface area contributed by atoms with Gasteiger partial charge in [-0.1, -0.05) is 36.4 Å². The van der Waals surface area contributed by atoms with Crippen molar-refractivity contribution in [2.75, 3.05) is 6.61 Å². The Balaban J connectivity index is 2.64. The van der Waals surface area contributed by atoms with Crippen LogP contribution in [0.4, 0.5) is 13.2 Å². The Morgan fingerprint density at radius 2 is 1.78 bits per heavy atom. The Labute approximate surface area is 134 Å². The Morgan fingerprint density at radius 3 is 2.30 bits per heavy atom. The lowest BCUT2D eigenvalue weighted by molar-refractivity contribution is -0.250. The van der Waals surface area contributed by atoms with Crippen molar-refractivity contribution in [2.24, 2.45) is 0 Å². The molecule has 128 valence electrons. The highest BCUT2D eigenvalue weighted by molar-refractivity contribution is 5.93. The topological polar surface area (TPSA) is 35.5 Å². The zero-order chi connectivity index (χ0) is 17.5. The second-order valence-corrected chi connectivity index (χ2v) is 6.00. The molecule has 23 heavy (non-hydrogen) atoms. The van der Waals surface area contributed by atoms with Crippen molar-refractivity contribution in [3.05, 3.63) is 42.0 Å². The Hall–Kier alpha value is -1.66. The lowest BCUT2D eigenvalue weighted by Gasteiger charge is -2.27. The van der Waals surface area contributed by atoms with Crippen LogP contribution in [0, 0.1) is 0 Å². The fourth-order valence-corrected chi connectivity index (χ4v) is 1.70. The number of hydrogen-bond donors (Lipinski definition) is 0. The van der Waals surface area contributed by atoms with Gasteiger partial charge in [-0.3, -0.25) is 4.79 Å². The number of carbonyl (C=O) groups is 1. The molecule has 1 rings (SSSR count). The minimum Gasteiger partial charge on any atom is -0.347 e. The van der Waals surface area contributed by atoms with Crippen LogP contribution in [-0.4, -0.2) is 30.5 Å². The van der Waals surface area contributed by atoms with Gasteiger partial charge in [0.25, 0.3) is 0 Å². The average Bonchev–Trinajstić information content (AvgIpc) is 2.41. The van der Waals surface area contributed by atoms with E-state index in [2.05, 4.69) is 0 Å². The van der Waals surface area contributed by atoms with Crippen LogP contribution in [0.5, 0.6) is 0 Å². The number of ketones is 1. The van der Waals surface area contributed by atoms with Crippen LogP contribution in [0.25, 0.3) is 6.08 Å². The number of ether oxygens (including phenoxy) is 2. The highest BCUT2D eigenvalue weighted by atomic mass is 19.4. The minimum absolute atomic E-state index is 0.281. The third-order valence-electron chi connectivity index (χ3n) is 2.55. The number of allylic oxidation sites excluding steroid dienone is 1. The molecule has 0 heterocycles. The van der Waals surface area contributed by atoms with E-state index >= 15 is 0 Å². The van der Waals surface area contributed by atoms with E-state index in [1.807, 2.05) is 30.3 Å². The number of rotatable bonds is 7. The molecule has 0 saturated heterocycles. The van der Waals surface area contributed by atoms with Crippen LogP contribution in [0.2, 0.25) is 0 Å². The van der Waals surface area contributed by atoms with Gasteiger partial charge in [-0.2, -0.15) is 13.2 Å². The van der Waals surface area contributed by atoms with Crippen LogP contribution < -0.4 is 0 Å². The summed E-state index contributed by atoms with van der Waals surface area (Å²) in [4.78, 5) is 11.9. The molecule has 0 saturated carbocycles. The van der Waals surface area contributed by atoms with Gasteiger partial charge >= 0.3 is 6.18 Å². The summed E-state index contributed by atoms with van der Waals surface area (Å²) in [6, 6.07) is 9.11. The van der Waals surface area contributed by atoms with Crippen LogP contribution in [0.15, 0.2) is 36.4 Å². The van der Waals surface area contributed by atoms with Crippen molar-refractivity contribution in [1.82, 2.24) is 0 Å². The Kier molecular flexibility index (Phi) is 6.97. The van der Waals surface area contributed by atoms with E-state index in [0.29, 0.717) is 0 Å². The van der Waals surface area contributed by atoms with Gasteiger partial charge in [0.2, 0.25) is 0 Å². The lowest BCUT2D eigenvalue weighted by atomic mass is 10.1. The quantitative estimate of drug-likeness (QED) is 0.550. The molecular formula is C17H21F3O3. The molecule has 0 aromatic heterocycles. The molecule has 0 radical (unpaired) electrons. The highest BCUT2D eigenvalue weighted by Crippen LogP contribution is 2.20. The van der Waals surface area contributed by atoms with Crippen molar-refractivity contribution < 1.29 is 27.4 Å². The third-order valence-corrected chi connectivity index (χ3v) is 2.55. The van der Waals surface area contributed by atoms with E-state index in [9.17, 15) is 18.0 Å². The summed E-state index contributed by atoms with van der Waals surface area (Å²) < 4.78 is 46.9. The fraction of sp³-hybridized carbons (Fsp3) is 0.471. The fourth-order valence-electron chi connectivity index (χ4n) is 1.70. The van der Waals surface area contributed by atoms with Gasteiger partial charge < -0.3 is 9.47 Å². The summed E-state index contributed by atoms with van der Waals surface area (Å²) in [5, 5.41) is 0. The molecule has 1 unspecified atom stereocenters. The zero-order valence-corrected chi connectivity index (χ0v) is 13.4. The van der Waals surface area contributed by atoms with Crippen molar-refractivity contribution in [3.8, 4) is 0 Å². The Bertz CT molecular complexity index is 516. The maximum absolute atomic E-state index is 12.3. The first kappa shape index (κ1) is 19.4. The largest absolute Gasteiger partial charge is 0.411 e. The van der Waals surface area contributed by atoms with Gasteiger partial charge in [0, 0.05) is 0 Å². The summed E-state index contributed by atoms with van der Waals surface area (Å²) >= 11 is 0. The first-order valence-electron chi connectivity index (χ1n) is 7.17. The molecule has 0 aliphatic heterocycles. The zero-order valence-electron chi connectivity index (χ0n) is 13.4. The molecule has 1 aromatic carbocycles. The molecule has 0 N–H and O–H groups in total. The first-order valence-corrected chi connectivity index (χ1v) is 7.17. The number of hydrogen-bond acceptors (Lipinski definition) is 3. The molecule has 0 amide bonds. The van der Waals surface area contributed by atoms with Gasteiger partial charge in [-0.15, -0.1) is 0 Å². The third kappa shape index (κ3) is 9.86. The molecule has 0 bridgehead atoms. The number of benzene rings is 1. The molecule has 0 spiro atoms. The van der Waals surface area contributed by atoms with Crippen LogP contribution >= 0.6 is 0 Å². The van der Waals surface area contributed by atoms with Gasteiger partial charge in [0.15, 0.2) is 12.1 Å². The molecule has 3 nitrogen and oxygen atoms in total. The maximum Gasteiger partial charge on any atom is 0.411 e. The predicted molar refractivity (Wildman–Crippen MR) is 81.7 cm³/mol. The van der Waals surface area contributed by atoms with Crippen LogP contribution in [0.3, 0.4) is 0 Å². The molecule has 0 aliphatic rings. The molecule has 1 atom stereocenters. The van der Waals surface area contributed by atoms with Gasteiger partial charge in [0.05, 0.1) is 12.0 Å². The average molecular weight is 330 g/mol. The molecule has 6 heteroatoms. The number of alkyl halides is 3. The Morgan fingerprint density at radius 1 is 1.17 bits per heavy atom. The van der Waals surface area contributed by atoms with Gasteiger partial charge in [-0.25, -0.2) is 0 Å². The summed E-state index contributed by atoms with van der Waals surface area (Å²) in [6.45, 7) is 3.59. The molecule has 0 aliphatic carbocycles. The normalized spacial score (nSPS) is 14.2. The first-order chi connectivity index (χ1) is 10.6. The van der Waals surface area contributed by atoms with E-state index in [1.165, 1.54) is 6.08 Å². The summed E-state index contributed by atoms with van der Waals surface area (Å²) in [7, 11) is 0. The van der Waals surface area contributed by atoms with Gasteiger partial charge in [-0.05, 0) is 32.4 Å². The van der Waals surface area contributed by atoms with Crippen molar-refractivity contribution in [1.29, 1.82) is 0 Å². The van der Waals surface area contributed by atoms with E-state index in [0.717, 1.165) is 5.56 Å².